The first-order valence-corrected chi connectivity index (χ1v) is 8.54. The number of rotatable bonds is 7. The number of benzene rings is 1. The maximum absolute atomic E-state index is 9.30. The SMILES string of the molecule is CCCCCC1COC(c2ccc(CCC)c(C#N)c2)OC1. The highest BCUT2D eigenvalue weighted by Crippen LogP contribution is 2.28. The lowest BCUT2D eigenvalue weighted by Crippen LogP contribution is -2.27. The van der Waals surface area contributed by atoms with Crippen molar-refractivity contribution in [1.82, 2.24) is 0 Å². The Morgan fingerprint density at radius 2 is 1.91 bits per heavy atom. The average molecular weight is 301 g/mol. The van der Waals surface area contributed by atoms with E-state index in [1.165, 1.54) is 25.7 Å². The topological polar surface area (TPSA) is 42.2 Å². The maximum atomic E-state index is 9.30. The van der Waals surface area contributed by atoms with Crippen LogP contribution in [0.4, 0.5) is 0 Å². The molecule has 3 nitrogen and oxygen atoms in total. The molecule has 0 unspecified atom stereocenters. The lowest BCUT2D eigenvalue weighted by atomic mass is 10.00. The third-order valence-corrected chi connectivity index (χ3v) is 4.23. The fourth-order valence-corrected chi connectivity index (χ4v) is 2.92. The van der Waals surface area contributed by atoms with Crippen LogP contribution in [0.5, 0.6) is 0 Å². The molecule has 1 saturated heterocycles. The van der Waals surface area contributed by atoms with Gasteiger partial charge in [0, 0.05) is 11.5 Å². The van der Waals surface area contributed by atoms with Gasteiger partial charge in [-0.25, -0.2) is 0 Å². The number of hydrogen-bond acceptors (Lipinski definition) is 3. The Hall–Kier alpha value is -1.37. The number of nitrogens with zero attached hydrogens (tertiary/aromatic N) is 1. The standard InChI is InChI=1S/C19H27NO2/c1-3-5-6-8-15-13-21-19(22-14-15)17-10-9-16(7-4-2)18(11-17)12-20/h9-11,15,19H,3-8,13-14H2,1-2H3. The second kappa shape index (κ2) is 8.92. The Labute approximate surface area is 134 Å². The molecule has 0 radical (unpaired) electrons. The van der Waals surface area contributed by atoms with Crippen LogP contribution in [0.2, 0.25) is 0 Å². The van der Waals surface area contributed by atoms with Crippen molar-refractivity contribution < 1.29 is 9.47 Å². The van der Waals surface area contributed by atoms with E-state index in [1.807, 2.05) is 18.2 Å². The van der Waals surface area contributed by atoms with Crippen LogP contribution in [0.15, 0.2) is 18.2 Å². The molecular weight excluding hydrogens is 274 g/mol. The van der Waals surface area contributed by atoms with Crippen LogP contribution in [0.3, 0.4) is 0 Å². The average Bonchev–Trinajstić information content (AvgIpc) is 2.56. The van der Waals surface area contributed by atoms with Crippen molar-refractivity contribution in [3.63, 3.8) is 0 Å². The summed E-state index contributed by atoms with van der Waals surface area (Å²) in [5, 5.41) is 9.30. The minimum absolute atomic E-state index is 0.315. The number of unbranched alkanes of at least 4 members (excludes halogenated alkanes) is 2. The predicted octanol–water partition coefficient (Wildman–Crippen LogP) is 4.75. The zero-order chi connectivity index (χ0) is 15.8. The molecule has 0 saturated carbocycles. The molecule has 0 spiro atoms. The van der Waals surface area contributed by atoms with E-state index in [0.29, 0.717) is 5.92 Å². The summed E-state index contributed by atoms with van der Waals surface area (Å²) in [7, 11) is 0. The first-order valence-electron chi connectivity index (χ1n) is 8.54. The van der Waals surface area contributed by atoms with Crippen molar-refractivity contribution in [3.05, 3.63) is 34.9 Å². The second-order valence-electron chi connectivity index (χ2n) is 6.14. The Balaban J connectivity index is 1.92. The highest BCUT2D eigenvalue weighted by atomic mass is 16.7. The van der Waals surface area contributed by atoms with Crippen molar-refractivity contribution in [2.45, 2.75) is 58.7 Å². The van der Waals surface area contributed by atoms with Gasteiger partial charge in [0.15, 0.2) is 6.29 Å². The molecular formula is C19H27NO2. The van der Waals surface area contributed by atoms with E-state index in [4.69, 9.17) is 9.47 Å². The fraction of sp³-hybridized carbons (Fsp3) is 0.632. The quantitative estimate of drug-likeness (QED) is 0.682. The molecule has 1 aliphatic rings. The lowest BCUT2D eigenvalue weighted by Gasteiger charge is -2.30. The van der Waals surface area contributed by atoms with Gasteiger partial charge in [-0.3, -0.25) is 0 Å². The van der Waals surface area contributed by atoms with Gasteiger partial charge in [0.25, 0.3) is 0 Å². The van der Waals surface area contributed by atoms with Gasteiger partial charge < -0.3 is 9.47 Å². The van der Waals surface area contributed by atoms with Crippen LogP contribution >= 0.6 is 0 Å². The molecule has 0 aromatic heterocycles. The number of ether oxygens (including phenoxy) is 2. The van der Waals surface area contributed by atoms with E-state index in [2.05, 4.69) is 19.9 Å². The Morgan fingerprint density at radius 3 is 2.55 bits per heavy atom. The summed E-state index contributed by atoms with van der Waals surface area (Å²) < 4.78 is 11.8. The molecule has 1 aromatic rings. The number of hydrogen-bond donors (Lipinski definition) is 0. The molecule has 1 fully saturated rings. The van der Waals surface area contributed by atoms with Gasteiger partial charge in [0.05, 0.1) is 24.8 Å². The molecule has 1 aliphatic heterocycles. The summed E-state index contributed by atoms with van der Waals surface area (Å²) in [6.07, 6.45) is 6.63. The van der Waals surface area contributed by atoms with Gasteiger partial charge in [0.2, 0.25) is 0 Å². The van der Waals surface area contributed by atoms with Gasteiger partial charge in [-0.15, -0.1) is 0 Å². The first-order chi connectivity index (χ1) is 10.8. The monoisotopic (exact) mass is 301 g/mol. The fourth-order valence-electron chi connectivity index (χ4n) is 2.92. The number of aryl methyl sites for hydroxylation is 1. The Morgan fingerprint density at radius 1 is 1.14 bits per heavy atom. The molecule has 22 heavy (non-hydrogen) atoms. The van der Waals surface area contributed by atoms with E-state index in [1.54, 1.807) is 0 Å². The van der Waals surface area contributed by atoms with Crippen molar-refractivity contribution in [2.75, 3.05) is 13.2 Å². The van der Waals surface area contributed by atoms with E-state index in [9.17, 15) is 5.26 Å². The van der Waals surface area contributed by atoms with Crippen molar-refractivity contribution in [2.24, 2.45) is 5.92 Å². The molecule has 1 heterocycles. The minimum Gasteiger partial charge on any atom is -0.348 e. The molecule has 3 heteroatoms. The van der Waals surface area contributed by atoms with Crippen LogP contribution in [0.25, 0.3) is 0 Å². The predicted molar refractivity (Wildman–Crippen MR) is 87.4 cm³/mol. The smallest absolute Gasteiger partial charge is 0.183 e. The maximum Gasteiger partial charge on any atom is 0.183 e. The zero-order valence-corrected chi connectivity index (χ0v) is 13.8. The lowest BCUT2D eigenvalue weighted by molar-refractivity contribution is -0.206. The molecule has 2 rings (SSSR count). The van der Waals surface area contributed by atoms with Gasteiger partial charge in [-0.1, -0.05) is 51.7 Å². The molecule has 0 bridgehead atoms. The summed E-state index contributed by atoms with van der Waals surface area (Å²) in [6, 6.07) is 8.29. The molecule has 1 aromatic carbocycles. The highest BCUT2D eigenvalue weighted by Gasteiger charge is 2.23. The summed E-state index contributed by atoms with van der Waals surface area (Å²) in [5.74, 6) is 0.512. The molecule has 0 aliphatic carbocycles. The van der Waals surface area contributed by atoms with E-state index in [-0.39, 0.29) is 6.29 Å². The third-order valence-electron chi connectivity index (χ3n) is 4.23. The van der Waals surface area contributed by atoms with Crippen LogP contribution < -0.4 is 0 Å². The van der Waals surface area contributed by atoms with Gasteiger partial charge in [-0.05, 0) is 24.5 Å². The molecule has 0 N–H and O–H groups in total. The van der Waals surface area contributed by atoms with Crippen LogP contribution in [0, 0.1) is 17.2 Å². The van der Waals surface area contributed by atoms with Gasteiger partial charge in [-0.2, -0.15) is 5.26 Å². The van der Waals surface area contributed by atoms with Crippen molar-refractivity contribution >= 4 is 0 Å². The van der Waals surface area contributed by atoms with Crippen LogP contribution in [0.1, 0.15) is 68.9 Å². The van der Waals surface area contributed by atoms with Crippen LogP contribution in [-0.2, 0) is 15.9 Å². The summed E-state index contributed by atoms with van der Waals surface area (Å²) in [4.78, 5) is 0. The zero-order valence-electron chi connectivity index (χ0n) is 13.8. The Kier molecular flexibility index (Phi) is 6.89. The van der Waals surface area contributed by atoms with E-state index < -0.39 is 0 Å². The first kappa shape index (κ1) is 17.0. The van der Waals surface area contributed by atoms with Crippen LogP contribution in [-0.4, -0.2) is 13.2 Å². The highest BCUT2D eigenvalue weighted by molar-refractivity contribution is 5.41. The van der Waals surface area contributed by atoms with E-state index in [0.717, 1.165) is 42.7 Å². The minimum atomic E-state index is -0.315. The van der Waals surface area contributed by atoms with Gasteiger partial charge in [0.1, 0.15) is 0 Å². The summed E-state index contributed by atoms with van der Waals surface area (Å²) in [5.41, 5.74) is 2.82. The van der Waals surface area contributed by atoms with Crippen molar-refractivity contribution in [3.8, 4) is 6.07 Å². The third kappa shape index (κ3) is 4.56. The summed E-state index contributed by atoms with van der Waals surface area (Å²) in [6.45, 7) is 5.86. The number of nitriles is 1. The molecule has 0 amide bonds. The van der Waals surface area contributed by atoms with E-state index >= 15 is 0 Å². The Bertz CT molecular complexity index is 499. The molecule has 0 atom stereocenters. The van der Waals surface area contributed by atoms with Crippen molar-refractivity contribution in [1.29, 1.82) is 5.26 Å². The van der Waals surface area contributed by atoms with Gasteiger partial charge >= 0.3 is 0 Å². The summed E-state index contributed by atoms with van der Waals surface area (Å²) >= 11 is 0. The normalized spacial score (nSPS) is 21.5. The largest absolute Gasteiger partial charge is 0.348 e. The second-order valence-corrected chi connectivity index (χ2v) is 6.14. The molecule has 120 valence electrons.